The highest BCUT2D eigenvalue weighted by Gasteiger charge is 2.35. The average Bonchev–Trinajstić information content (AvgIpc) is 3.14. The molecule has 0 radical (unpaired) electrons. The summed E-state index contributed by atoms with van der Waals surface area (Å²) in [5, 5.41) is 9.72. The molecule has 1 aromatic carbocycles. The van der Waals surface area contributed by atoms with Crippen LogP contribution in [0.2, 0.25) is 0 Å². The quantitative estimate of drug-likeness (QED) is 0.931. The van der Waals surface area contributed by atoms with E-state index in [4.69, 9.17) is 9.52 Å². The summed E-state index contributed by atoms with van der Waals surface area (Å²) in [4.78, 5) is 24.6. The van der Waals surface area contributed by atoms with E-state index >= 15 is 0 Å². The van der Waals surface area contributed by atoms with Gasteiger partial charge in [-0.3, -0.25) is 9.59 Å². The number of carboxylic acid groups (broad SMARTS) is 1. The third-order valence-electron chi connectivity index (χ3n) is 3.26. The molecule has 0 saturated heterocycles. The lowest BCUT2D eigenvalue weighted by Gasteiger charge is -2.18. The fraction of sp³-hybridized carbons (Fsp3) is 0.286. The molecule has 0 unspecified atom stereocenters. The summed E-state index contributed by atoms with van der Waals surface area (Å²) in [7, 11) is 0. The van der Waals surface area contributed by atoms with Gasteiger partial charge in [-0.1, -0.05) is 12.1 Å². The van der Waals surface area contributed by atoms with Gasteiger partial charge in [-0.2, -0.15) is 0 Å². The smallest absolute Gasteiger partial charge is 0.323 e. The second-order valence-electron chi connectivity index (χ2n) is 4.83. The molecule has 1 N–H and O–H groups in total. The number of carbonyl (C=O) groups is 2. The fourth-order valence-electron chi connectivity index (χ4n) is 2.17. The normalized spacial score (nSPS) is 14.4. The van der Waals surface area contributed by atoms with Crippen LogP contribution in [-0.4, -0.2) is 34.5 Å². The van der Waals surface area contributed by atoms with Crippen LogP contribution in [-0.2, 0) is 4.79 Å². The Morgan fingerprint density at radius 3 is 2.75 bits per heavy atom. The van der Waals surface area contributed by atoms with Crippen molar-refractivity contribution in [2.75, 3.05) is 6.54 Å². The summed E-state index contributed by atoms with van der Waals surface area (Å²) in [6.45, 7) is -0.290. The van der Waals surface area contributed by atoms with E-state index in [-0.39, 0.29) is 24.3 Å². The monoisotopic (exact) mass is 337 g/mol. The van der Waals surface area contributed by atoms with Gasteiger partial charge in [0.1, 0.15) is 12.1 Å². The van der Waals surface area contributed by atoms with Gasteiger partial charge in [0.25, 0.3) is 5.91 Å². The van der Waals surface area contributed by atoms with Gasteiger partial charge in [0.05, 0.1) is 4.47 Å². The minimum atomic E-state index is -1.01. The lowest BCUT2D eigenvalue weighted by molar-refractivity contribution is -0.137. The fourth-order valence-corrected chi connectivity index (χ4v) is 2.64. The van der Waals surface area contributed by atoms with Crippen molar-refractivity contribution in [2.45, 2.75) is 18.9 Å². The van der Waals surface area contributed by atoms with Crippen LogP contribution in [0.25, 0.3) is 11.0 Å². The molecule has 0 atom stereocenters. The van der Waals surface area contributed by atoms with E-state index in [1.807, 2.05) is 18.2 Å². The van der Waals surface area contributed by atoms with Crippen molar-refractivity contribution in [2.24, 2.45) is 0 Å². The predicted molar refractivity (Wildman–Crippen MR) is 75.6 cm³/mol. The first-order valence-electron chi connectivity index (χ1n) is 6.27. The van der Waals surface area contributed by atoms with Crippen molar-refractivity contribution < 1.29 is 19.1 Å². The number of halogens is 1. The summed E-state index contributed by atoms with van der Waals surface area (Å²) < 4.78 is 6.34. The van der Waals surface area contributed by atoms with E-state index in [0.717, 1.165) is 22.7 Å². The standard InChI is InChI=1S/C14H12BrNO4/c15-10-3-1-2-8-6-11(20-13(8)10)14(19)16(7-12(17)18)9-4-5-9/h1-3,6,9H,4-5,7H2,(H,17,18). The second kappa shape index (κ2) is 4.94. The molecular weight excluding hydrogens is 326 g/mol. The molecular formula is C14H12BrNO4. The molecule has 1 aliphatic rings. The number of rotatable bonds is 4. The molecule has 1 aromatic heterocycles. The van der Waals surface area contributed by atoms with Gasteiger partial charge < -0.3 is 14.4 Å². The molecule has 1 aliphatic carbocycles. The zero-order chi connectivity index (χ0) is 14.3. The first kappa shape index (κ1) is 13.2. The number of carbonyl (C=O) groups excluding carboxylic acids is 1. The van der Waals surface area contributed by atoms with E-state index in [1.54, 1.807) is 6.07 Å². The molecule has 20 heavy (non-hydrogen) atoms. The molecule has 0 spiro atoms. The summed E-state index contributed by atoms with van der Waals surface area (Å²) >= 11 is 3.37. The molecule has 0 bridgehead atoms. The maximum atomic E-state index is 12.4. The van der Waals surface area contributed by atoms with Crippen molar-refractivity contribution in [3.63, 3.8) is 0 Å². The van der Waals surface area contributed by atoms with Crippen LogP contribution in [0.1, 0.15) is 23.4 Å². The van der Waals surface area contributed by atoms with Crippen molar-refractivity contribution in [1.29, 1.82) is 0 Å². The Morgan fingerprint density at radius 1 is 1.40 bits per heavy atom. The Balaban J connectivity index is 1.94. The lowest BCUT2D eigenvalue weighted by Crippen LogP contribution is -2.37. The number of nitrogens with zero attached hydrogens (tertiary/aromatic N) is 1. The molecule has 1 heterocycles. The van der Waals surface area contributed by atoms with Gasteiger partial charge >= 0.3 is 5.97 Å². The van der Waals surface area contributed by atoms with Crippen molar-refractivity contribution >= 4 is 38.8 Å². The Morgan fingerprint density at radius 2 is 2.15 bits per heavy atom. The summed E-state index contributed by atoms with van der Waals surface area (Å²) in [5.74, 6) is -1.19. The van der Waals surface area contributed by atoms with Crippen LogP contribution in [0.5, 0.6) is 0 Å². The third-order valence-corrected chi connectivity index (χ3v) is 3.89. The maximum Gasteiger partial charge on any atom is 0.323 e. The molecule has 5 nitrogen and oxygen atoms in total. The van der Waals surface area contributed by atoms with E-state index in [0.29, 0.717) is 5.58 Å². The Kier molecular flexibility index (Phi) is 3.25. The number of amides is 1. The van der Waals surface area contributed by atoms with Crippen LogP contribution in [0, 0.1) is 0 Å². The lowest BCUT2D eigenvalue weighted by atomic mass is 10.2. The minimum Gasteiger partial charge on any atom is -0.480 e. The summed E-state index contributed by atoms with van der Waals surface area (Å²) in [5.41, 5.74) is 0.599. The number of hydrogen-bond acceptors (Lipinski definition) is 3. The molecule has 1 amide bonds. The second-order valence-corrected chi connectivity index (χ2v) is 5.68. The summed E-state index contributed by atoms with van der Waals surface area (Å²) in [6.07, 6.45) is 1.70. The molecule has 2 aromatic rings. The van der Waals surface area contributed by atoms with E-state index < -0.39 is 5.97 Å². The summed E-state index contributed by atoms with van der Waals surface area (Å²) in [6, 6.07) is 7.20. The van der Waals surface area contributed by atoms with E-state index in [1.165, 1.54) is 4.90 Å². The third kappa shape index (κ3) is 2.43. The average molecular weight is 338 g/mol. The Labute approximate surface area is 123 Å². The SMILES string of the molecule is O=C(O)CN(C(=O)c1cc2cccc(Br)c2o1)C1CC1. The molecule has 3 rings (SSSR count). The van der Waals surface area contributed by atoms with E-state index in [2.05, 4.69) is 15.9 Å². The number of benzene rings is 1. The zero-order valence-corrected chi connectivity index (χ0v) is 12.1. The highest BCUT2D eigenvalue weighted by Crippen LogP contribution is 2.31. The van der Waals surface area contributed by atoms with Gasteiger partial charge in [-0.05, 0) is 40.9 Å². The van der Waals surface area contributed by atoms with Gasteiger partial charge in [-0.15, -0.1) is 0 Å². The number of hydrogen-bond donors (Lipinski definition) is 1. The van der Waals surface area contributed by atoms with Crippen LogP contribution in [0.15, 0.2) is 33.2 Å². The minimum absolute atomic E-state index is 0.0234. The predicted octanol–water partition coefficient (Wildman–Crippen LogP) is 2.88. The number of furan rings is 1. The molecule has 104 valence electrons. The number of para-hydroxylation sites is 1. The largest absolute Gasteiger partial charge is 0.480 e. The van der Waals surface area contributed by atoms with E-state index in [9.17, 15) is 9.59 Å². The first-order chi connectivity index (χ1) is 9.56. The van der Waals surface area contributed by atoms with Gasteiger partial charge in [0.2, 0.25) is 0 Å². The number of fused-ring (bicyclic) bond motifs is 1. The number of carboxylic acids is 1. The van der Waals surface area contributed by atoms with Gasteiger partial charge in [0, 0.05) is 11.4 Å². The van der Waals surface area contributed by atoms with Crippen LogP contribution >= 0.6 is 15.9 Å². The Bertz CT molecular complexity index is 690. The molecule has 6 heteroatoms. The van der Waals surface area contributed by atoms with Gasteiger partial charge in [0.15, 0.2) is 5.76 Å². The van der Waals surface area contributed by atoms with Gasteiger partial charge in [-0.25, -0.2) is 0 Å². The molecule has 1 saturated carbocycles. The number of aliphatic carboxylic acids is 1. The van der Waals surface area contributed by atoms with Crippen LogP contribution in [0.3, 0.4) is 0 Å². The zero-order valence-electron chi connectivity index (χ0n) is 10.5. The maximum absolute atomic E-state index is 12.4. The van der Waals surface area contributed by atoms with Crippen LogP contribution in [0.4, 0.5) is 0 Å². The molecule has 1 fully saturated rings. The highest BCUT2D eigenvalue weighted by molar-refractivity contribution is 9.10. The topological polar surface area (TPSA) is 70.8 Å². The van der Waals surface area contributed by atoms with Crippen LogP contribution < -0.4 is 0 Å². The highest BCUT2D eigenvalue weighted by atomic mass is 79.9. The van der Waals surface area contributed by atoms with Crippen molar-refractivity contribution in [3.05, 3.63) is 34.5 Å². The van der Waals surface area contributed by atoms with Crippen molar-refractivity contribution in [1.82, 2.24) is 4.90 Å². The first-order valence-corrected chi connectivity index (χ1v) is 7.06. The Hall–Kier alpha value is -1.82. The molecule has 0 aliphatic heterocycles. The van der Waals surface area contributed by atoms with Crippen molar-refractivity contribution in [3.8, 4) is 0 Å².